The number of benzene rings is 1. The minimum atomic E-state index is 0.153. The number of hydrogen-bond donors (Lipinski definition) is 1. The van der Waals surface area contributed by atoms with E-state index >= 15 is 0 Å². The SMILES string of the molecule is CC(Nc1ncns1)c1ccc(C#N)cc1. The fourth-order valence-electron chi connectivity index (χ4n) is 1.35. The maximum Gasteiger partial charge on any atom is 0.202 e. The predicted molar refractivity (Wildman–Crippen MR) is 63.1 cm³/mol. The molecule has 0 saturated heterocycles. The molecule has 0 spiro atoms. The van der Waals surface area contributed by atoms with Gasteiger partial charge in [0.2, 0.25) is 5.13 Å². The number of nitriles is 1. The maximum absolute atomic E-state index is 8.69. The van der Waals surface area contributed by atoms with Crippen LogP contribution < -0.4 is 5.32 Å². The van der Waals surface area contributed by atoms with Gasteiger partial charge >= 0.3 is 0 Å². The highest BCUT2D eigenvalue weighted by Crippen LogP contribution is 2.19. The first-order chi connectivity index (χ1) is 7.79. The van der Waals surface area contributed by atoms with Crippen molar-refractivity contribution >= 4 is 16.7 Å². The van der Waals surface area contributed by atoms with E-state index in [1.165, 1.54) is 17.9 Å². The molecule has 2 aromatic rings. The molecule has 0 aliphatic heterocycles. The van der Waals surface area contributed by atoms with E-state index in [2.05, 4.69) is 20.7 Å². The average molecular weight is 230 g/mol. The lowest BCUT2D eigenvalue weighted by atomic mass is 10.1. The van der Waals surface area contributed by atoms with E-state index in [1.54, 1.807) is 0 Å². The third kappa shape index (κ3) is 2.35. The summed E-state index contributed by atoms with van der Waals surface area (Å²) in [6, 6.07) is 9.76. The minimum Gasteiger partial charge on any atom is -0.354 e. The zero-order valence-corrected chi connectivity index (χ0v) is 9.53. The van der Waals surface area contributed by atoms with Gasteiger partial charge in [-0.25, -0.2) is 4.98 Å². The van der Waals surface area contributed by atoms with E-state index in [4.69, 9.17) is 5.26 Å². The van der Waals surface area contributed by atoms with E-state index in [1.807, 2.05) is 31.2 Å². The topological polar surface area (TPSA) is 61.6 Å². The van der Waals surface area contributed by atoms with Crippen LogP contribution in [0.4, 0.5) is 5.13 Å². The summed E-state index contributed by atoms with van der Waals surface area (Å²) in [5.74, 6) is 0. The van der Waals surface area contributed by atoms with E-state index in [-0.39, 0.29) is 6.04 Å². The van der Waals surface area contributed by atoms with Gasteiger partial charge in [-0.3, -0.25) is 0 Å². The molecule has 5 heteroatoms. The Morgan fingerprint density at radius 2 is 2.12 bits per heavy atom. The fourth-order valence-corrected chi connectivity index (χ4v) is 1.87. The Morgan fingerprint density at radius 1 is 1.38 bits per heavy atom. The Balaban J connectivity index is 2.09. The second kappa shape index (κ2) is 4.73. The van der Waals surface area contributed by atoms with Gasteiger partial charge in [-0.1, -0.05) is 12.1 Å². The Labute approximate surface area is 97.7 Å². The van der Waals surface area contributed by atoms with E-state index < -0.39 is 0 Å². The van der Waals surface area contributed by atoms with Gasteiger partial charge in [0.05, 0.1) is 17.7 Å². The van der Waals surface area contributed by atoms with Crippen molar-refractivity contribution in [1.82, 2.24) is 9.36 Å². The molecule has 16 heavy (non-hydrogen) atoms. The van der Waals surface area contributed by atoms with Crippen molar-refractivity contribution in [1.29, 1.82) is 5.26 Å². The van der Waals surface area contributed by atoms with Gasteiger partial charge in [0, 0.05) is 11.5 Å². The molecule has 1 atom stereocenters. The zero-order valence-electron chi connectivity index (χ0n) is 8.71. The molecule has 1 aromatic carbocycles. The lowest BCUT2D eigenvalue weighted by Crippen LogP contribution is -2.05. The highest BCUT2D eigenvalue weighted by molar-refractivity contribution is 7.09. The molecule has 0 saturated carbocycles. The molecule has 2 rings (SSSR count). The van der Waals surface area contributed by atoms with Crippen molar-refractivity contribution in [3.8, 4) is 6.07 Å². The molecule has 1 N–H and O–H groups in total. The van der Waals surface area contributed by atoms with Crippen molar-refractivity contribution in [2.24, 2.45) is 0 Å². The van der Waals surface area contributed by atoms with Crippen LogP contribution in [-0.2, 0) is 0 Å². The molecule has 0 bridgehead atoms. The van der Waals surface area contributed by atoms with E-state index in [0.29, 0.717) is 5.56 Å². The first kappa shape index (κ1) is 10.6. The van der Waals surface area contributed by atoms with Crippen LogP contribution in [0, 0.1) is 11.3 Å². The number of nitrogens with zero attached hydrogens (tertiary/aromatic N) is 3. The predicted octanol–water partition coefficient (Wildman–Crippen LogP) is 2.58. The lowest BCUT2D eigenvalue weighted by molar-refractivity contribution is 0.881. The molecule has 80 valence electrons. The third-order valence-corrected chi connectivity index (χ3v) is 2.84. The lowest BCUT2D eigenvalue weighted by Gasteiger charge is -2.12. The normalized spacial score (nSPS) is 11.8. The fraction of sp³-hybridized carbons (Fsp3) is 0.182. The molecular weight excluding hydrogens is 220 g/mol. The van der Waals surface area contributed by atoms with Gasteiger partial charge in [0.25, 0.3) is 0 Å². The highest BCUT2D eigenvalue weighted by Gasteiger charge is 2.06. The molecule has 0 aliphatic rings. The first-order valence-corrected chi connectivity index (χ1v) is 5.60. The van der Waals surface area contributed by atoms with Crippen LogP contribution in [0.1, 0.15) is 24.1 Å². The maximum atomic E-state index is 8.69. The van der Waals surface area contributed by atoms with E-state index in [9.17, 15) is 0 Å². The van der Waals surface area contributed by atoms with Crippen LogP contribution >= 0.6 is 11.5 Å². The monoisotopic (exact) mass is 230 g/mol. The number of rotatable bonds is 3. The summed E-state index contributed by atoms with van der Waals surface area (Å²) in [4.78, 5) is 4.06. The third-order valence-electron chi connectivity index (χ3n) is 2.24. The van der Waals surface area contributed by atoms with Gasteiger partial charge < -0.3 is 5.32 Å². The molecule has 1 unspecified atom stereocenters. The molecule has 1 aromatic heterocycles. The summed E-state index contributed by atoms with van der Waals surface area (Å²) >= 11 is 1.33. The van der Waals surface area contributed by atoms with Crippen molar-refractivity contribution in [3.05, 3.63) is 41.7 Å². The van der Waals surface area contributed by atoms with Crippen LogP contribution in [0.25, 0.3) is 0 Å². The summed E-state index contributed by atoms with van der Waals surface area (Å²) in [6.45, 7) is 2.04. The molecule has 4 nitrogen and oxygen atoms in total. The average Bonchev–Trinajstić information content (AvgIpc) is 2.82. The Hall–Kier alpha value is -1.93. The van der Waals surface area contributed by atoms with Crippen molar-refractivity contribution in [3.63, 3.8) is 0 Å². The largest absolute Gasteiger partial charge is 0.354 e. The summed E-state index contributed by atoms with van der Waals surface area (Å²) in [7, 11) is 0. The van der Waals surface area contributed by atoms with Crippen molar-refractivity contribution in [2.75, 3.05) is 5.32 Å². The Bertz CT molecular complexity index is 484. The van der Waals surface area contributed by atoms with Gasteiger partial charge in [0.1, 0.15) is 6.33 Å². The standard InChI is InChI=1S/C11H10N4S/c1-8(15-11-13-7-14-16-11)10-4-2-9(6-12)3-5-10/h2-5,7-8H,1H3,(H,13,14,15). The zero-order chi connectivity index (χ0) is 11.4. The van der Waals surface area contributed by atoms with Crippen molar-refractivity contribution in [2.45, 2.75) is 13.0 Å². The Morgan fingerprint density at radius 3 is 2.69 bits per heavy atom. The minimum absolute atomic E-state index is 0.153. The summed E-state index contributed by atoms with van der Waals surface area (Å²) < 4.78 is 3.92. The molecule has 0 fully saturated rings. The van der Waals surface area contributed by atoms with Gasteiger partial charge in [-0.15, -0.1) is 0 Å². The molecule has 0 radical (unpaired) electrons. The quantitative estimate of drug-likeness (QED) is 0.880. The smallest absolute Gasteiger partial charge is 0.202 e. The molecule has 1 heterocycles. The number of hydrogen-bond acceptors (Lipinski definition) is 5. The van der Waals surface area contributed by atoms with Gasteiger partial charge in [0.15, 0.2) is 0 Å². The molecule has 0 amide bonds. The van der Waals surface area contributed by atoms with Crippen LogP contribution in [-0.4, -0.2) is 9.36 Å². The number of anilines is 1. The van der Waals surface area contributed by atoms with Gasteiger partial charge in [-0.2, -0.15) is 9.64 Å². The van der Waals surface area contributed by atoms with Gasteiger partial charge in [-0.05, 0) is 24.6 Å². The first-order valence-electron chi connectivity index (χ1n) is 4.83. The number of aromatic nitrogens is 2. The van der Waals surface area contributed by atoms with Crippen LogP contribution in [0.2, 0.25) is 0 Å². The van der Waals surface area contributed by atoms with Crippen LogP contribution in [0.3, 0.4) is 0 Å². The Kier molecular flexibility index (Phi) is 3.13. The van der Waals surface area contributed by atoms with Crippen LogP contribution in [0.15, 0.2) is 30.6 Å². The molecule has 0 aliphatic carbocycles. The highest BCUT2D eigenvalue weighted by atomic mass is 32.1. The summed E-state index contributed by atoms with van der Waals surface area (Å²) in [6.07, 6.45) is 1.53. The van der Waals surface area contributed by atoms with Crippen LogP contribution in [0.5, 0.6) is 0 Å². The second-order valence-corrected chi connectivity index (χ2v) is 4.13. The van der Waals surface area contributed by atoms with Crippen molar-refractivity contribution < 1.29 is 0 Å². The second-order valence-electron chi connectivity index (χ2n) is 3.35. The summed E-state index contributed by atoms with van der Waals surface area (Å²) in [5.41, 5.74) is 1.79. The van der Waals surface area contributed by atoms with E-state index in [0.717, 1.165) is 10.7 Å². The number of nitrogens with one attached hydrogen (secondary N) is 1. The summed E-state index contributed by atoms with van der Waals surface area (Å²) in [5, 5.41) is 12.7. The molecular formula is C11H10N4S.